The summed E-state index contributed by atoms with van der Waals surface area (Å²) < 4.78 is 38.0. The molecule has 3 aromatic rings. The Bertz CT molecular complexity index is 1440. The van der Waals surface area contributed by atoms with Crippen molar-refractivity contribution < 1.29 is 32.9 Å². The Morgan fingerprint density at radius 3 is 2.41 bits per heavy atom. The number of amides is 2. The highest BCUT2D eigenvalue weighted by Crippen LogP contribution is 2.35. The molecular formula is C37H45FN2O6. The number of rotatable bonds is 15. The fourth-order valence-electron chi connectivity index (χ4n) is 5.96. The van der Waals surface area contributed by atoms with Gasteiger partial charge in [0.05, 0.1) is 25.3 Å². The molecule has 1 aliphatic heterocycles. The van der Waals surface area contributed by atoms with Gasteiger partial charge in [0.15, 0.2) is 11.6 Å². The van der Waals surface area contributed by atoms with E-state index < -0.39 is 11.9 Å². The molecule has 5 rings (SSSR count). The average molecular weight is 633 g/mol. The van der Waals surface area contributed by atoms with Crippen molar-refractivity contribution in [2.24, 2.45) is 11.8 Å². The molecule has 8 nitrogen and oxygen atoms in total. The molecule has 46 heavy (non-hydrogen) atoms. The highest BCUT2D eigenvalue weighted by atomic mass is 19.1. The molecule has 246 valence electrons. The third kappa shape index (κ3) is 8.92. The second-order valence-corrected chi connectivity index (χ2v) is 12.3. The first-order valence-corrected chi connectivity index (χ1v) is 16.4. The number of hydrogen-bond acceptors (Lipinski definition) is 6. The summed E-state index contributed by atoms with van der Waals surface area (Å²) in [5.41, 5.74) is 1.86. The summed E-state index contributed by atoms with van der Waals surface area (Å²) in [7, 11) is 1.69. The summed E-state index contributed by atoms with van der Waals surface area (Å²) in [6.45, 7) is 5.17. The van der Waals surface area contributed by atoms with Gasteiger partial charge in [-0.05, 0) is 73.3 Å². The Hall–Kier alpha value is -4.27. The van der Waals surface area contributed by atoms with E-state index in [1.807, 2.05) is 60.7 Å². The van der Waals surface area contributed by atoms with Crippen LogP contribution in [0.25, 0.3) is 0 Å². The highest BCUT2D eigenvalue weighted by Gasteiger charge is 2.34. The van der Waals surface area contributed by atoms with Crippen LogP contribution in [0.3, 0.4) is 0 Å². The number of fused-ring (bicyclic) bond motifs is 1. The lowest BCUT2D eigenvalue weighted by Crippen LogP contribution is -2.32. The van der Waals surface area contributed by atoms with Crippen LogP contribution in [-0.4, -0.2) is 61.8 Å². The van der Waals surface area contributed by atoms with Crippen molar-refractivity contribution in [3.05, 3.63) is 89.2 Å². The van der Waals surface area contributed by atoms with Crippen molar-refractivity contribution >= 4 is 12.0 Å². The first-order chi connectivity index (χ1) is 22.4. The van der Waals surface area contributed by atoms with E-state index >= 15 is 4.39 Å². The molecule has 2 amide bonds. The molecule has 0 atom stereocenters. The predicted molar refractivity (Wildman–Crippen MR) is 174 cm³/mol. The van der Waals surface area contributed by atoms with Gasteiger partial charge in [0.25, 0.3) is 5.91 Å². The van der Waals surface area contributed by atoms with Gasteiger partial charge in [-0.2, -0.15) is 0 Å². The number of carbonyl (C=O) groups is 2. The zero-order chi connectivity index (χ0) is 32.3. The minimum absolute atomic E-state index is 0.171. The number of unbranched alkanes of at least 4 members (excludes halogenated alkanes) is 1. The van der Waals surface area contributed by atoms with E-state index in [0.717, 1.165) is 55.4 Å². The van der Waals surface area contributed by atoms with Gasteiger partial charge in [0, 0.05) is 26.2 Å². The van der Waals surface area contributed by atoms with Crippen molar-refractivity contribution in [3.63, 3.8) is 0 Å². The molecule has 0 radical (unpaired) electrons. The topological polar surface area (TPSA) is 77.5 Å². The second kappa shape index (κ2) is 16.3. The summed E-state index contributed by atoms with van der Waals surface area (Å²) in [5.74, 6) is 1.67. The number of likely N-dealkylation sites (N-methyl/N-ethyl adjacent to an activating group) is 1. The van der Waals surface area contributed by atoms with Crippen molar-refractivity contribution in [1.82, 2.24) is 9.80 Å². The molecule has 1 heterocycles. The van der Waals surface area contributed by atoms with Crippen molar-refractivity contribution in [3.8, 4) is 17.2 Å². The molecule has 1 aliphatic carbocycles. The van der Waals surface area contributed by atoms with Crippen LogP contribution in [0.5, 0.6) is 17.2 Å². The summed E-state index contributed by atoms with van der Waals surface area (Å²) in [5, 5.41) is 0. The zero-order valence-corrected chi connectivity index (χ0v) is 26.9. The average Bonchev–Trinajstić information content (AvgIpc) is 3.40. The van der Waals surface area contributed by atoms with Crippen molar-refractivity contribution in [2.45, 2.75) is 58.6 Å². The minimum Gasteiger partial charge on any atom is -0.493 e. The van der Waals surface area contributed by atoms with Crippen molar-refractivity contribution in [2.75, 3.05) is 40.0 Å². The maximum absolute atomic E-state index is 15.1. The Morgan fingerprint density at radius 1 is 0.913 bits per heavy atom. The number of ether oxygens (including phenoxy) is 4. The standard InChI is InChI=1S/C37H45FN2O6/c1-3-4-20-44-33-18-17-30-24-40(36(41)34(30)35(33)38)23-27-13-15-29(16-14-27)25-45-32-12-8-11-31(22-32)43-21-19-39(2)37(42)46-26-28-9-6-5-7-10-28/h5-12,17-18,22,27,29H,3-4,13-16,19-21,23-26H2,1-2H3. The zero-order valence-electron chi connectivity index (χ0n) is 26.9. The van der Waals surface area contributed by atoms with Crippen LogP contribution in [0.4, 0.5) is 9.18 Å². The number of nitrogens with zero attached hydrogens (tertiary/aromatic N) is 2. The Kier molecular flexibility index (Phi) is 11.8. The molecule has 0 spiro atoms. The van der Waals surface area contributed by atoms with Gasteiger partial charge < -0.3 is 28.7 Å². The molecular weight excluding hydrogens is 587 g/mol. The van der Waals surface area contributed by atoms with Gasteiger partial charge >= 0.3 is 6.09 Å². The van der Waals surface area contributed by atoms with Gasteiger partial charge in [-0.15, -0.1) is 0 Å². The molecule has 1 saturated carbocycles. The molecule has 0 bridgehead atoms. The third-order valence-electron chi connectivity index (χ3n) is 8.76. The monoisotopic (exact) mass is 632 g/mol. The van der Waals surface area contributed by atoms with E-state index in [4.69, 9.17) is 18.9 Å². The third-order valence-corrected chi connectivity index (χ3v) is 8.76. The SMILES string of the molecule is CCCCOc1ccc2c(c1F)C(=O)N(CC1CCC(COc3cccc(OCCN(C)C(=O)OCc4ccccc4)c3)CC1)C2. The quantitative estimate of drug-likeness (QED) is 0.162. The van der Waals surface area contributed by atoms with E-state index in [-0.39, 0.29) is 23.8 Å². The largest absolute Gasteiger partial charge is 0.493 e. The van der Waals surface area contributed by atoms with E-state index in [1.54, 1.807) is 18.0 Å². The smallest absolute Gasteiger partial charge is 0.409 e. The van der Waals surface area contributed by atoms with Crippen LogP contribution in [0.15, 0.2) is 66.7 Å². The first kappa shape index (κ1) is 33.1. The van der Waals surface area contributed by atoms with Gasteiger partial charge in [0.2, 0.25) is 0 Å². The molecule has 1 fully saturated rings. The van der Waals surface area contributed by atoms with E-state index in [2.05, 4.69) is 6.92 Å². The van der Waals surface area contributed by atoms with E-state index in [0.29, 0.717) is 57.0 Å². The van der Waals surface area contributed by atoms with Crippen molar-refractivity contribution in [1.29, 1.82) is 0 Å². The van der Waals surface area contributed by atoms with Crippen LogP contribution < -0.4 is 14.2 Å². The number of benzene rings is 3. The summed E-state index contributed by atoms with van der Waals surface area (Å²) in [6, 6.07) is 20.6. The predicted octanol–water partition coefficient (Wildman–Crippen LogP) is 7.49. The molecule has 0 unspecified atom stereocenters. The lowest BCUT2D eigenvalue weighted by molar-refractivity contribution is 0.0717. The number of carbonyl (C=O) groups excluding carboxylic acids is 2. The van der Waals surface area contributed by atoms with E-state index in [9.17, 15) is 9.59 Å². The van der Waals surface area contributed by atoms with Gasteiger partial charge in [0.1, 0.15) is 24.7 Å². The molecule has 0 N–H and O–H groups in total. The fraction of sp³-hybridized carbons (Fsp3) is 0.459. The molecule has 2 aliphatic rings. The normalized spacial score (nSPS) is 17.4. The van der Waals surface area contributed by atoms with Crippen LogP contribution >= 0.6 is 0 Å². The Labute approximate surface area is 271 Å². The van der Waals surface area contributed by atoms with E-state index in [1.165, 1.54) is 4.90 Å². The lowest BCUT2D eigenvalue weighted by Gasteiger charge is -2.31. The summed E-state index contributed by atoms with van der Waals surface area (Å²) in [6.07, 6.45) is 5.47. The molecule has 9 heteroatoms. The minimum atomic E-state index is -0.525. The lowest BCUT2D eigenvalue weighted by atomic mass is 9.82. The Morgan fingerprint density at radius 2 is 1.65 bits per heavy atom. The summed E-state index contributed by atoms with van der Waals surface area (Å²) >= 11 is 0. The van der Waals surface area contributed by atoms with Crippen LogP contribution in [0.2, 0.25) is 0 Å². The molecule has 0 saturated heterocycles. The Balaban J connectivity index is 0.997. The summed E-state index contributed by atoms with van der Waals surface area (Å²) in [4.78, 5) is 28.7. The van der Waals surface area contributed by atoms with Crippen LogP contribution in [0.1, 0.15) is 66.9 Å². The van der Waals surface area contributed by atoms with Gasteiger partial charge in [-0.1, -0.05) is 55.8 Å². The fourth-order valence-corrected chi connectivity index (χ4v) is 5.96. The van der Waals surface area contributed by atoms with Gasteiger partial charge in [-0.3, -0.25) is 4.79 Å². The highest BCUT2D eigenvalue weighted by molar-refractivity contribution is 5.99. The van der Waals surface area contributed by atoms with Crippen LogP contribution in [0, 0.1) is 17.7 Å². The number of halogens is 1. The number of hydrogen-bond donors (Lipinski definition) is 0. The maximum atomic E-state index is 15.1. The molecule has 0 aromatic heterocycles. The maximum Gasteiger partial charge on any atom is 0.409 e. The van der Waals surface area contributed by atoms with Gasteiger partial charge in [-0.25, -0.2) is 9.18 Å². The molecule has 3 aromatic carbocycles. The first-order valence-electron chi connectivity index (χ1n) is 16.4. The second-order valence-electron chi connectivity index (χ2n) is 12.3. The van der Waals surface area contributed by atoms with Crippen LogP contribution in [-0.2, 0) is 17.9 Å².